The molecular weight excluding hydrogens is 196 g/mol. The molecule has 0 aliphatic rings. The van der Waals surface area contributed by atoms with Crippen molar-refractivity contribution in [1.82, 2.24) is 0 Å². The molecular formula is C11H15O4. The minimum atomic E-state index is -1.51. The average molecular weight is 211 g/mol. The van der Waals surface area contributed by atoms with Crippen molar-refractivity contribution in [2.45, 2.75) is 26.1 Å². The zero-order valence-electron chi connectivity index (χ0n) is 9.04. The number of hydrogen-bond acceptors (Lipinski definition) is 4. The second-order valence-corrected chi connectivity index (χ2v) is 3.06. The van der Waals surface area contributed by atoms with Crippen LogP contribution in [0.4, 0.5) is 0 Å². The smallest absolute Gasteiger partial charge is 0.336 e. The van der Waals surface area contributed by atoms with Crippen molar-refractivity contribution in [3.63, 3.8) is 0 Å². The lowest BCUT2D eigenvalue weighted by Crippen LogP contribution is -2.36. The molecule has 0 N–H and O–H groups in total. The van der Waals surface area contributed by atoms with E-state index in [4.69, 9.17) is 9.47 Å². The van der Waals surface area contributed by atoms with Gasteiger partial charge in [-0.15, -0.1) is 0 Å². The van der Waals surface area contributed by atoms with Crippen molar-refractivity contribution in [3.05, 3.63) is 31.7 Å². The maximum absolute atomic E-state index is 11.2. The standard InChI is InChI=1S/C11H15O4/c1-6-9(12)14-11(5,7-2)15-10(13)8(3)4/h6H,1,3,5,7H2,2,4H3. The summed E-state index contributed by atoms with van der Waals surface area (Å²) in [4.78, 5) is 22.2. The Morgan fingerprint density at radius 1 is 1.40 bits per heavy atom. The van der Waals surface area contributed by atoms with Crippen LogP contribution in [0, 0.1) is 6.92 Å². The lowest BCUT2D eigenvalue weighted by atomic mass is 10.2. The Labute approximate surface area is 89.6 Å². The Bertz CT molecular complexity index is 293. The van der Waals surface area contributed by atoms with Gasteiger partial charge in [-0.05, 0) is 6.92 Å². The molecule has 0 aliphatic carbocycles. The van der Waals surface area contributed by atoms with E-state index in [-0.39, 0.29) is 12.0 Å². The summed E-state index contributed by atoms with van der Waals surface area (Å²) in [6.07, 6.45) is 1.22. The van der Waals surface area contributed by atoms with E-state index < -0.39 is 17.7 Å². The van der Waals surface area contributed by atoms with E-state index in [1.54, 1.807) is 6.92 Å². The van der Waals surface area contributed by atoms with Crippen molar-refractivity contribution in [3.8, 4) is 0 Å². The minimum Gasteiger partial charge on any atom is -0.419 e. The zero-order valence-corrected chi connectivity index (χ0v) is 9.04. The van der Waals surface area contributed by atoms with Gasteiger partial charge < -0.3 is 9.47 Å². The minimum absolute atomic E-state index is 0.214. The van der Waals surface area contributed by atoms with Crippen molar-refractivity contribution in [2.75, 3.05) is 0 Å². The zero-order chi connectivity index (χ0) is 12.1. The molecule has 0 saturated heterocycles. The number of rotatable bonds is 5. The fraction of sp³-hybridized carbons (Fsp3) is 0.364. The van der Waals surface area contributed by atoms with Gasteiger partial charge in [0.05, 0.1) is 0 Å². The summed E-state index contributed by atoms with van der Waals surface area (Å²) in [5, 5.41) is 0. The van der Waals surface area contributed by atoms with Gasteiger partial charge in [0.2, 0.25) is 0 Å². The number of carbonyl (C=O) groups is 2. The molecule has 15 heavy (non-hydrogen) atoms. The van der Waals surface area contributed by atoms with Gasteiger partial charge in [-0.1, -0.05) is 20.1 Å². The molecule has 0 amide bonds. The highest BCUT2D eigenvalue weighted by molar-refractivity contribution is 5.87. The van der Waals surface area contributed by atoms with Crippen LogP contribution in [0.3, 0.4) is 0 Å². The number of esters is 2. The molecule has 83 valence electrons. The Hall–Kier alpha value is -1.58. The lowest BCUT2D eigenvalue weighted by molar-refractivity contribution is -0.207. The summed E-state index contributed by atoms with van der Waals surface area (Å²) in [5.74, 6) is -2.86. The first kappa shape index (κ1) is 13.4. The molecule has 1 atom stereocenters. The largest absolute Gasteiger partial charge is 0.419 e. The first-order chi connectivity index (χ1) is 6.84. The molecule has 0 bridgehead atoms. The Balaban J connectivity index is 4.56. The first-order valence-electron chi connectivity index (χ1n) is 4.44. The summed E-state index contributed by atoms with van der Waals surface area (Å²) in [5.41, 5.74) is 0.214. The molecule has 0 spiro atoms. The van der Waals surface area contributed by atoms with E-state index in [9.17, 15) is 9.59 Å². The highest BCUT2D eigenvalue weighted by Crippen LogP contribution is 2.18. The molecule has 1 unspecified atom stereocenters. The molecule has 0 fully saturated rings. The Morgan fingerprint density at radius 3 is 2.27 bits per heavy atom. The first-order valence-corrected chi connectivity index (χ1v) is 4.44. The highest BCUT2D eigenvalue weighted by atomic mass is 16.7. The van der Waals surface area contributed by atoms with Crippen LogP contribution >= 0.6 is 0 Å². The molecule has 0 aromatic carbocycles. The summed E-state index contributed by atoms with van der Waals surface area (Å²) >= 11 is 0. The molecule has 0 saturated carbocycles. The summed E-state index contributed by atoms with van der Waals surface area (Å²) in [7, 11) is 0. The van der Waals surface area contributed by atoms with Gasteiger partial charge in [0.1, 0.15) is 0 Å². The van der Waals surface area contributed by atoms with Crippen molar-refractivity contribution in [2.24, 2.45) is 0 Å². The van der Waals surface area contributed by atoms with Crippen LogP contribution in [0.25, 0.3) is 0 Å². The van der Waals surface area contributed by atoms with E-state index in [0.717, 1.165) is 6.08 Å². The van der Waals surface area contributed by atoms with Crippen LogP contribution in [0.1, 0.15) is 20.3 Å². The van der Waals surface area contributed by atoms with Crippen LogP contribution < -0.4 is 0 Å². The predicted octanol–water partition coefficient (Wildman–Crippen LogP) is 1.78. The quantitative estimate of drug-likeness (QED) is 0.395. The topological polar surface area (TPSA) is 52.6 Å². The van der Waals surface area contributed by atoms with E-state index in [0.29, 0.717) is 0 Å². The van der Waals surface area contributed by atoms with Crippen LogP contribution in [-0.4, -0.2) is 17.7 Å². The van der Waals surface area contributed by atoms with Gasteiger partial charge in [-0.25, -0.2) is 9.59 Å². The van der Waals surface area contributed by atoms with Crippen LogP contribution in [0.15, 0.2) is 24.8 Å². The molecule has 0 aromatic heterocycles. The molecule has 0 aromatic rings. The van der Waals surface area contributed by atoms with Gasteiger partial charge in [-0.3, -0.25) is 0 Å². The third kappa shape index (κ3) is 4.44. The normalized spacial score (nSPS) is 13.5. The Kier molecular flexibility index (Phi) is 4.78. The van der Waals surface area contributed by atoms with Crippen LogP contribution in [-0.2, 0) is 19.1 Å². The molecule has 0 heterocycles. The van der Waals surface area contributed by atoms with Crippen LogP contribution in [0.5, 0.6) is 0 Å². The van der Waals surface area contributed by atoms with E-state index in [1.807, 2.05) is 0 Å². The highest BCUT2D eigenvalue weighted by Gasteiger charge is 2.30. The van der Waals surface area contributed by atoms with E-state index in [2.05, 4.69) is 20.1 Å². The van der Waals surface area contributed by atoms with E-state index in [1.165, 1.54) is 6.92 Å². The summed E-state index contributed by atoms with van der Waals surface area (Å²) in [6.45, 7) is 13.3. The summed E-state index contributed by atoms with van der Waals surface area (Å²) < 4.78 is 9.69. The monoisotopic (exact) mass is 211 g/mol. The average Bonchev–Trinajstić information content (AvgIpc) is 2.17. The third-order valence-electron chi connectivity index (χ3n) is 1.62. The number of ether oxygens (including phenoxy) is 2. The van der Waals surface area contributed by atoms with Crippen molar-refractivity contribution >= 4 is 11.9 Å². The Morgan fingerprint density at radius 2 is 1.93 bits per heavy atom. The lowest BCUT2D eigenvalue weighted by Gasteiger charge is -2.27. The van der Waals surface area contributed by atoms with Gasteiger partial charge in [0, 0.05) is 25.0 Å². The van der Waals surface area contributed by atoms with Gasteiger partial charge in [0.25, 0.3) is 5.79 Å². The maximum Gasteiger partial charge on any atom is 0.336 e. The fourth-order valence-electron chi connectivity index (χ4n) is 0.646. The van der Waals surface area contributed by atoms with Gasteiger partial charge in [0.15, 0.2) is 0 Å². The molecule has 4 heteroatoms. The number of carbonyl (C=O) groups excluding carboxylic acids is 2. The van der Waals surface area contributed by atoms with Gasteiger partial charge in [-0.2, -0.15) is 0 Å². The molecule has 0 rings (SSSR count). The maximum atomic E-state index is 11.2. The molecule has 4 nitrogen and oxygen atoms in total. The van der Waals surface area contributed by atoms with Crippen molar-refractivity contribution < 1.29 is 19.1 Å². The second-order valence-electron chi connectivity index (χ2n) is 3.06. The molecule has 1 radical (unpaired) electrons. The van der Waals surface area contributed by atoms with Crippen molar-refractivity contribution in [1.29, 1.82) is 0 Å². The summed E-state index contributed by atoms with van der Waals surface area (Å²) in [6, 6.07) is 0. The fourth-order valence-corrected chi connectivity index (χ4v) is 0.646. The number of hydrogen-bond donors (Lipinski definition) is 0. The molecule has 0 aliphatic heterocycles. The SMILES string of the molecule is [CH2]C(CC)(OC(=O)C=C)OC(=O)C(=C)C. The van der Waals surface area contributed by atoms with E-state index >= 15 is 0 Å². The third-order valence-corrected chi connectivity index (χ3v) is 1.62. The predicted molar refractivity (Wildman–Crippen MR) is 55.6 cm³/mol. The second kappa shape index (κ2) is 5.34. The van der Waals surface area contributed by atoms with Gasteiger partial charge >= 0.3 is 11.9 Å². The van der Waals surface area contributed by atoms with Crippen LogP contribution in [0.2, 0.25) is 0 Å².